The van der Waals surface area contributed by atoms with Crippen LogP contribution in [0.5, 0.6) is 0 Å². The Morgan fingerprint density at radius 3 is 2.17 bits per heavy atom. The van der Waals surface area contributed by atoms with Crippen molar-refractivity contribution in [3.8, 4) is 12.3 Å². The fraction of sp³-hybridized carbons (Fsp3) is 0.474. The van der Waals surface area contributed by atoms with Gasteiger partial charge >= 0.3 is 0 Å². The first-order valence-corrected chi connectivity index (χ1v) is 8.18. The average Bonchev–Trinajstić information content (AvgIpc) is 2.54. The van der Waals surface area contributed by atoms with E-state index in [2.05, 4.69) is 16.6 Å². The second-order valence-electron chi connectivity index (χ2n) is 6.07. The van der Waals surface area contributed by atoms with Crippen molar-refractivity contribution in [2.24, 2.45) is 0 Å². The number of anilines is 1. The van der Waals surface area contributed by atoms with Gasteiger partial charge in [-0.1, -0.05) is 37.5 Å². The summed E-state index contributed by atoms with van der Waals surface area (Å²) in [6.45, 7) is 6.12. The van der Waals surface area contributed by atoms with Crippen LogP contribution in [0.3, 0.4) is 0 Å². The minimum atomic E-state index is -0.609. The van der Waals surface area contributed by atoms with Crippen molar-refractivity contribution >= 4 is 17.5 Å². The number of nitrogens with zero attached hydrogens (tertiary/aromatic N) is 1. The van der Waals surface area contributed by atoms with Gasteiger partial charge in [0.25, 0.3) is 0 Å². The molecule has 0 spiro atoms. The molecule has 130 valence electrons. The zero-order valence-electron chi connectivity index (χ0n) is 15.0. The van der Waals surface area contributed by atoms with Crippen molar-refractivity contribution in [2.45, 2.75) is 39.2 Å². The van der Waals surface area contributed by atoms with Crippen molar-refractivity contribution in [3.05, 3.63) is 29.8 Å². The highest BCUT2D eigenvalue weighted by Crippen LogP contribution is 2.13. The van der Waals surface area contributed by atoms with Crippen LogP contribution in [0.25, 0.3) is 0 Å². The van der Waals surface area contributed by atoms with E-state index in [-0.39, 0.29) is 24.9 Å². The summed E-state index contributed by atoms with van der Waals surface area (Å²) in [5.41, 5.74) is 1.26. The highest BCUT2D eigenvalue weighted by molar-refractivity contribution is 5.92. The Labute approximate surface area is 144 Å². The number of aryl methyl sites for hydroxylation is 1. The number of amides is 2. The van der Waals surface area contributed by atoms with Crippen molar-refractivity contribution < 1.29 is 9.59 Å². The van der Waals surface area contributed by atoms with E-state index in [1.54, 1.807) is 11.9 Å². The van der Waals surface area contributed by atoms with Crippen LogP contribution in [0.2, 0.25) is 0 Å². The normalized spacial score (nSPS) is 11.0. The summed E-state index contributed by atoms with van der Waals surface area (Å²) < 4.78 is 0. The minimum Gasteiger partial charge on any atom is -0.339 e. The van der Waals surface area contributed by atoms with Crippen LogP contribution in [0.15, 0.2) is 24.3 Å². The van der Waals surface area contributed by atoms with Crippen molar-refractivity contribution in [1.29, 1.82) is 0 Å². The molecule has 0 atom stereocenters. The number of rotatable bonds is 8. The van der Waals surface area contributed by atoms with E-state index in [4.69, 9.17) is 6.42 Å². The van der Waals surface area contributed by atoms with Gasteiger partial charge in [0.05, 0.1) is 13.1 Å². The first-order valence-electron chi connectivity index (χ1n) is 8.18. The third-order valence-electron chi connectivity index (χ3n) is 4.02. The summed E-state index contributed by atoms with van der Waals surface area (Å²) in [5, 5.41) is 5.70. The van der Waals surface area contributed by atoms with Gasteiger partial charge in [0.1, 0.15) is 5.54 Å². The molecule has 1 aromatic rings. The second kappa shape index (κ2) is 9.09. The molecule has 0 bridgehead atoms. The zero-order valence-corrected chi connectivity index (χ0v) is 15.0. The summed E-state index contributed by atoms with van der Waals surface area (Å²) in [6, 6.07) is 7.57. The van der Waals surface area contributed by atoms with Crippen LogP contribution in [0, 0.1) is 19.3 Å². The third kappa shape index (κ3) is 6.05. The van der Waals surface area contributed by atoms with Gasteiger partial charge in [-0.3, -0.25) is 14.5 Å². The summed E-state index contributed by atoms with van der Waals surface area (Å²) in [4.78, 5) is 25.8. The molecule has 1 rings (SSSR count). The van der Waals surface area contributed by atoms with Crippen molar-refractivity contribution in [3.63, 3.8) is 0 Å². The predicted molar refractivity (Wildman–Crippen MR) is 97.6 cm³/mol. The molecule has 0 aliphatic rings. The first-order chi connectivity index (χ1) is 11.3. The molecule has 5 nitrogen and oxygen atoms in total. The molecule has 24 heavy (non-hydrogen) atoms. The lowest BCUT2D eigenvalue weighted by Gasteiger charge is -2.28. The van der Waals surface area contributed by atoms with Gasteiger partial charge in [0, 0.05) is 5.69 Å². The standard InChI is InChI=1S/C19H27N3O2/c1-6-19(7-2,8-3)21-18(24)14-22(5)13-17(23)20-16-11-9-15(4)10-12-16/h1,9-12H,7-8,13-14H2,2-5H3,(H,20,23)(H,21,24). The van der Waals surface area contributed by atoms with Crippen molar-refractivity contribution in [1.82, 2.24) is 10.2 Å². The lowest BCUT2D eigenvalue weighted by atomic mass is 9.94. The molecule has 0 aliphatic carbocycles. The Morgan fingerprint density at radius 2 is 1.67 bits per heavy atom. The Hall–Kier alpha value is -2.32. The van der Waals surface area contributed by atoms with Gasteiger partial charge in [0.2, 0.25) is 11.8 Å². The Bertz CT molecular complexity index is 598. The average molecular weight is 329 g/mol. The lowest BCUT2D eigenvalue weighted by Crippen LogP contribution is -2.50. The van der Waals surface area contributed by atoms with E-state index in [1.807, 2.05) is 45.0 Å². The lowest BCUT2D eigenvalue weighted by molar-refractivity contribution is -0.124. The van der Waals surface area contributed by atoms with Gasteiger partial charge in [-0.05, 0) is 38.9 Å². The third-order valence-corrected chi connectivity index (χ3v) is 4.02. The highest BCUT2D eigenvalue weighted by atomic mass is 16.2. The van der Waals surface area contributed by atoms with Gasteiger partial charge in [-0.2, -0.15) is 0 Å². The number of benzene rings is 1. The van der Waals surface area contributed by atoms with E-state index in [0.717, 1.165) is 11.3 Å². The second-order valence-corrected chi connectivity index (χ2v) is 6.07. The molecule has 2 N–H and O–H groups in total. The molecule has 0 fully saturated rings. The van der Waals surface area contributed by atoms with E-state index < -0.39 is 5.54 Å². The number of carbonyl (C=O) groups is 2. The topological polar surface area (TPSA) is 61.4 Å². The fourth-order valence-corrected chi connectivity index (χ4v) is 2.36. The SMILES string of the molecule is C#CC(CC)(CC)NC(=O)CN(C)CC(=O)Nc1ccc(C)cc1. The molecule has 2 amide bonds. The maximum absolute atomic E-state index is 12.1. The molecule has 0 radical (unpaired) electrons. The number of nitrogens with one attached hydrogen (secondary N) is 2. The minimum absolute atomic E-state index is 0.116. The van der Waals surface area contributed by atoms with Crippen molar-refractivity contribution in [2.75, 3.05) is 25.5 Å². The van der Waals surface area contributed by atoms with E-state index in [0.29, 0.717) is 12.8 Å². The van der Waals surface area contributed by atoms with E-state index >= 15 is 0 Å². The van der Waals surface area contributed by atoms with Crippen LogP contribution in [-0.2, 0) is 9.59 Å². The van der Waals surface area contributed by atoms with E-state index in [9.17, 15) is 9.59 Å². The summed E-state index contributed by atoms with van der Waals surface area (Å²) in [6.07, 6.45) is 6.88. The van der Waals surface area contributed by atoms with Crippen LogP contribution < -0.4 is 10.6 Å². The van der Waals surface area contributed by atoms with Gasteiger partial charge in [0.15, 0.2) is 0 Å². The molecular formula is C19H27N3O2. The number of likely N-dealkylation sites (N-methyl/N-ethyl adjacent to an activating group) is 1. The number of hydrogen-bond acceptors (Lipinski definition) is 3. The van der Waals surface area contributed by atoms with E-state index in [1.165, 1.54) is 0 Å². The highest BCUT2D eigenvalue weighted by Gasteiger charge is 2.25. The monoisotopic (exact) mass is 329 g/mol. The molecule has 0 saturated carbocycles. The molecule has 1 aromatic carbocycles. The Kier molecular flexibility index (Phi) is 7.47. The van der Waals surface area contributed by atoms with Crippen LogP contribution in [-0.4, -0.2) is 42.4 Å². The summed E-state index contributed by atoms with van der Waals surface area (Å²) in [5.74, 6) is 2.33. The summed E-state index contributed by atoms with van der Waals surface area (Å²) >= 11 is 0. The molecule has 5 heteroatoms. The van der Waals surface area contributed by atoms with Gasteiger partial charge in [-0.25, -0.2) is 0 Å². The molecule has 0 heterocycles. The largest absolute Gasteiger partial charge is 0.339 e. The predicted octanol–water partition coefficient (Wildman–Crippen LogP) is 2.17. The molecule has 0 aromatic heterocycles. The zero-order chi connectivity index (χ0) is 18.2. The van der Waals surface area contributed by atoms with Gasteiger partial charge < -0.3 is 10.6 Å². The first kappa shape index (κ1) is 19.7. The fourth-order valence-electron chi connectivity index (χ4n) is 2.36. The quantitative estimate of drug-likeness (QED) is 0.719. The maximum Gasteiger partial charge on any atom is 0.238 e. The molecule has 0 aliphatic heterocycles. The number of hydrogen-bond donors (Lipinski definition) is 2. The molecule has 0 saturated heterocycles. The molecule has 0 unspecified atom stereocenters. The van der Waals surface area contributed by atoms with Gasteiger partial charge in [-0.15, -0.1) is 6.42 Å². The smallest absolute Gasteiger partial charge is 0.238 e. The Balaban J connectivity index is 2.48. The maximum atomic E-state index is 12.1. The van der Waals surface area contributed by atoms with Crippen LogP contribution >= 0.6 is 0 Å². The van der Waals surface area contributed by atoms with Crippen LogP contribution in [0.4, 0.5) is 5.69 Å². The Morgan fingerprint density at radius 1 is 1.12 bits per heavy atom. The molecular weight excluding hydrogens is 302 g/mol. The number of carbonyl (C=O) groups excluding carboxylic acids is 2. The number of terminal acetylenes is 1. The van der Waals surface area contributed by atoms with Crippen LogP contribution in [0.1, 0.15) is 32.3 Å². The summed E-state index contributed by atoms with van der Waals surface area (Å²) in [7, 11) is 1.73.